The van der Waals surface area contributed by atoms with E-state index in [4.69, 9.17) is 19.4 Å². The molecule has 0 aromatic heterocycles. The van der Waals surface area contributed by atoms with Crippen LogP contribution in [0.1, 0.15) is 11.1 Å². The van der Waals surface area contributed by atoms with Crippen LogP contribution in [0.5, 0.6) is 11.5 Å². The molecule has 0 aliphatic heterocycles. The number of nitrogens with zero attached hydrogens (tertiary/aromatic N) is 1. The maximum atomic E-state index is 9.02. The van der Waals surface area contributed by atoms with E-state index in [9.17, 15) is 0 Å². The van der Waals surface area contributed by atoms with Crippen molar-refractivity contribution in [2.24, 2.45) is 5.16 Å². The number of rotatable bonds is 7. The second kappa shape index (κ2) is 8.05. The summed E-state index contributed by atoms with van der Waals surface area (Å²) in [6, 6.07) is 14.8. The SMILES string of the molecule is CON=C(COc1ccc(CO)cc1)c1ccc(OC)cc1. The average Bonchev–Trinajstić information content (AvgIpc) is 2.59. The fourth-order valence-corrected chi connectivity index (χ4v) is 1.90. The summed E-state index contributed by atoms with van der Waals surface area (Å²) in [5.74, 6) is 1.48. The molecule has 0 saturated heterocycles. The van der Waals surface area contributed by atoms with Crippen LogP contribution in [0.3, 0.4) is 0 Å². The zero-order chi connectivity index (χ0) is 15.8. The molecule has 0 aliphatic carbocycles. The zero-order valence-electron chi connectivity index (χ0n) is 12.7. The van der Waals surface area contributed by atoms with Crippen LogP contribution in [-0.4, -0.2) is 31.6 Å². The van der Waals surface area contributed by atoms with Crippen molar-refractivity contribution in [3.8, 4) is 11.5 Å². The number of benzene rings is 2. The first-order chi connectivity index (χ1) is 10.8. The molecule has 2 rings (SSSR count). The number of hydrogen-bond acceptors (Lipinski definition) is 5. The summed E-state index contributed by atoms with van der Waals surface area (Å²) < 4.78 is 10.8. The van der Waals surface area contributed by atoms with Crippen LogP contribution in [0.15, 0.2) is 53.7 Å². The molecule has 1 N–H and O–H groups in total. The van der Waals surface area contributed by atoms with E-state index in [0.29, 0.717) is 11.5 Å². The third-order valence-corrected chi connectivity index (χ3v) is 3.11. The van der Waals surface area contributed by atoms with E-state index in [1.807, 2.05) is 48.5 Å². The lowest BCUT2D eigenvalue weighted by Crippen LogP contribution is -2.13. The number of ether oxygens (including phenoxy) is 2. The quantitative estimate of drug-likeness (QED) is 0.631. The first-order valence-electron chi connectivity index (χ1n) is 6.84. The summed E-state index contributed by atoms with van der Waals surface area (Å²) >= 11 is 0. The summed E-state index contributed by atoms with van der Waals surface area (Å²) in [5, 5.41) is 13.0. The smallest absolute Gasteiger partial charge is 0.134 e. The van der Waals surface area contributed by atoms with Crippen molar-refractivity contribution >= 4 is 5.71 Å². The van der Waals surface area contributed by atoms with E-state index in [1.54, 1.807) is 7.11 Å². The van der Waals surface area contributed by atoms with E-state index >= 15 is 0 Å². The Hall–Kier alpha value is -2.53. The molecule has 0 aliphatic rings. The van der Waals surface area contributed by atoms with Crippen LogP contribution in [0.4, 0.5) is 0 Å². The Morgan fingerprint density at radius 3 is 2.14 bits per heavy atom. The van der Waals surface area contributed by atoms with Gasteiger partial charge in [0.05, 0.1) is 13.7 Å². The molecule has 0 unspecified atom stereocenters. The fourth-order valence-electron chi connectivity index (χ4n) is 1.90. The fraction of sp³-hybridized carbons (Fsp3) is 0.235. The Balaban J connectivity index is 2.06. The number of oxime groups is 1. The maximum absolute atomic E-state index is 9.02. The van der Waals surface area contributed by atoms with Crippen molar-refractivity contribution in [3.05, 3.63) is 59.7 Å². The van der Waals surface area contributed by atoms with Gasteiger partial charge in [0.2, 0.25) is 0 Å². The monoisotopic (exact) mass is 301 g/mol. The third kappa shape index (κ3) is 4.23. The molecule has 2 aromatic rings. The average molecular weight is 301 g/mol. The van der Waals surface area contributed by atoms with Crippen molar-refractivity contribution in [2.45, 2.75) is 6.61 Å². The molecule has 0 amide bonds. The van der Waals surface area contributed by atoms with Gasteiger partial charge in [0, 0.05) is 5.56 Å². The lowest BCUT2D eigenvalue weighted by atomic mass is 10.1. The van der Waals surface area contributed by atoms with Gasteiger partial charge in [0.1, 0.15) is 30.9 Å². The molecular weight excluding hydrogens is 282 g/mol. The van der Waals surface area contributed by atoms with Crippen molar-refractivity contribution in [3.63, 3.8) is 0 Å². The topological polar surface area (TPSA) is 60.3 Å². The molecule has 22 heavy (non-hydrogen) atoms. The molecular formula is C17H19NO4. The second-order valence-corrected chi connectivity index (χ2v) is 4.54. The molecule has 0 radical (unpaired) electrons. The van der Waals surface area contributed by atoms with Gasteiger partial charge in [-0.3, -0.25) is 0 Å². The number of hydrogen-bond donors (Lipinski definition) is 1. The van der Waals surface area contributed by atoms with Gasteiger partial charge in [-0.05, 0) is 42.0 Å². The molecule has 0 atom stereocenters. The minimum Gasteiger partial charge on any atom is -0.497 e. The van der Waals surface area contributed by atoms with Crippen molar-refractivity contribution < 1.29 is 19.4 Å². The first kappa shape index (κ1) is 15.9. The normalized spacial score (nSPS) is 11.1. The molecule has 5 heteroatoms. The predicted octanol–water partition coefficient (Wildman–Crippen LogP) is 2.62. The Bertz CT molecular complexity index is 606. The predicted molar refractivity (Wildman–Crippen MR) is 84.4 cm³/mol. The number of methoxy groups -OCH3 is 1. The highest BCUT2D eigenvalue weighted by atomic mass is 16.6. The van der Waals surface area contributed by atoms with E-state index in [0.717, 1.165) is 16.9 Å². The Labute approximate surface area is 129 Å². The van der Waals surface area contributed by atoms with E-state index in [1.165, 1.54) is 7.11 Å². The van der Waals surface area contributed by atoms with Gasteiger partial charge in [-0.2, -0.15) is 0 Å². The van der Waals surface area contributed by atoms with E-state index in [2.05, 4.69) is 5.16 Å². The standard InChI is InChI=1S/C17H19NO4/c1-20-15-9-5-14(6-10-15)17(18-21-2)12-22-16-7-3-13(11-19)4-8-16/h3-10,19H,11-12H2,1-2H3. The van der Waals surface area contributed by atoms with Crippen molar-refractivity contribution in [1.29, 1.82) is 0 Å². The Kier molecular flexibility index (Phi) is 5.80. The molecule has 116 valence electrons. The van der Waals surface area contributed by atoms with Gasteiger partial charge in [-0.25, -0.2) is 0 Å². The molecule has 0 bridgehead atoms. The van der Waals surface area contributed by atoms with E-state index < -0.39 is 0 Å². The summed E-state index contributed by atoms with van der Waals surface area (Å²) in [6.45, 7) is 0.293. The summed E-state index contributed by atoms with van der Waals surface area (Å²) in [4.78, 5) is 4.88. The minimum atomic E-state index is 0.0164. The molecule has 0 heterocycles. The molecule has 0 fully saturated rings. The third-order valence-electron chi connectivity index (χ3n) is 3.11. The van der Waals surface area contributed by atoms with Gasteiger partial charge >= 0.3 is 0 Å². The highest BCUT2D eigenvalue weighted by Crippen LogP contribution is 2.15. The van der Waals surface area contributed by atoms with E-state index in [-0.39, 0.29) is 13.2 Å². The van der Waals surface area contributed by atoms with Gasteiger partial charge in [-0.15, -0.1) is 0 Å². The van der Waals surface area contributed by atoms with Gasteiger partial charge < -0.3 is 19.4 Å². The second-order valence-electron chi connectivity index (χ2n) is 4.54. The minimum absolute atomic E-state index is 0.0164. The highest BCUT2D eigenvalue weighted by Gasteiger charge is 2.07. The molecule has 5 nitrogen and oxygen atoms in total. The van der Waals surface area contributed by atoms with Crippen LogP contribution in [-0.2, 0) is 11.4 Å². The number of aliphatic hydroxyl groups excluding tert-OH is 1. The van der Waals surface area contributed by atoms with Gasteiger partial charge in [0.15, 0.2) is 0 Å². The summed E-state index contributed by atoms with van der Waals surface area (Å²) in [7, 11) is 3.12. The van der Waals surface area contributed by atoms with Crippen molar-refractivity contribution in [2.75, 3.05) is 20.8 Å². The van der Waals surface area contributed by atoms with Crippen LogP contribution >= 0.6 is 0 Å². The van der Waals surface area contributed by atoms with Gasteiger partial charge in [0.25, 0.3) is 0 Å². The van der Waals surface area contributed by atoms with Gasteiger partial charge in [-0.1, -0.05) is 17.3 Å². The molecule has 2 aromatic carbocycles. The lowest BCUT2D eigenvalue weighted by Gasteiger charge is -2.10. The van der Waals surface area contributed by atoms with Crippen LogP contribution in [0.2, 0.25) is 0 Å². The molecule has 0 saturated carbocycles. The maximum Gasteiger partial charge on any atom is 0.134 e. The molecule has 0 spiro atoms. The zero-order valence-corrected chi connectivity index (χ0v) is 12.7. The Morgan fingerprint density at radius 2 is 1.59 bits per heavy atom. The highest BCUT2D eigenvalue weighted by molar-refractivity contribution is 6.01. The van der Waals surface area contributed by atoms with Crippen LogP contribution < -0.4 is 9.47 Å². The van der Waals surface area contributed by atoms with Crippen LogP contribution in [0, 0.1) is 0 Å². The summed E-state index contributed by atoms with van der Waals surface area (Å²) in [6.07, 6.45) is 0. The van der Waals surface area contributed by atoms with Crippen molar-refractivity contribution in [1.82, 2.24) is 0 Å². The first-order valence-corrected chi connectivity index (χ1v) is 6.84. The summed E-state index contributed by atoms with van der Waals surface area (Å²) in [5.41, 5.74) is 2.42. The van der Waals surface area contributed by atoms with Crippen LogP contribution in [0.25, 0.3) is 0 Å². The largest absolute Gasteiger partial charge is 0.497 e. The number of aliphatic hydroxyl groups is 1. The lowest BCUT2D eigenvalue weighted by molar-refractivity contribution is 0.210. The Morgan fingerprint density at radius 1 is 0.955 bits per heavy atom.